The fraction of sp³-hybridized carbons (Fsp3) is 0.944. The fourth-order valence-electron chi connectivity index (χ4n) is 4.86. The van der Waals surface area contributed by atoms with Crippen LogP contribution in [0.4, 0.5) is 0 Å². The standard InChI is InChI=1S/C20H38O7S.2C8H18O.2Na/c1-3-5-7-9-11-13-15-17(18(21)22)20(19(23)24,28(25,26)27)16-14-12-10-8-6-4-2;2*1-3-5-7-9-8-6-4-2;;/h17H,3-16H2,1-2H3,(H,21,22)(H,23,24)(H,25,26,27);2*3-8H2,1-2H3;;/q;;;2*+1/p-2. The van der Waals surface area contributed by atoms with Gasteiger partial charge in [0, 0.05) is 38.3 Å². The number of carbonyl (C=O) groups excluding carboxylic acids is 2. The zero-order valence-corrected chi connectivity index (χ0v) is 37.4. The van der Waals surface area contributed by atoms with E-state index in [4.69, 9.17) is 9.47 Å². The first-order valence-corrected chi connectivity index (χ1v) is 20.0. The predicted molar refractivity (Wildman–Crippen MR) is 185 cm³/mol. The van der Waals surface area contributed by atoms with Gasteiger partial charge in [0.2, 0.25) is 0 Å². The van der Waals surface area contributed by atoms with E-state index in [1.165, 1.54) is 51.4 Å². The molecule has 0 spiro atoms. The van der Waals surface area contributed by atoms with E-state index in [0.717, 1.165) is 77.8 Å². The Morgan fingerprint density at radius 1 is 0.562 bits per heavy atom. The van der Waals surface area contributed by atoms with Gasteiger partial charge < -0.3 is 29.3 Å². The second-order valence-electron chi connectivity index (χ2n) is 12.2. The molecule has 2 unspecified atom stereocenters. The van der Waals surface area contributed by atoms with Crippen LogP contribution in [-0.4, -0.2) is 56.1 Å². The number of ether oxygens (including phenoxy) is 2. The third kappa shape index (κ3) is 32.7. The quantitative estimate of drug-likeness (QED) is 0.0659. The number of carbonyl (C=O) groups is 2. The Kier molecular flexibility index (Phi) is 51.1. The van der Waals surface area contributed by atoms with Crippen LogP contribution in [0.2, 0.25) is 0 Å². The smallest absolute Gasteiger partial charge is 0.550 e. The van der Waals surface area contributed by atoms with Crippen LogP contribution in [0.5, 0.6) is 0 Å². The maximum atomic E-state index is 12.0. The van der Waals surface area contributed by atoms with Crippen LogP contribution in [0, 0.1) is 5.92 Å². The van der Waals surface area contributed by atoms with Crippen molar-refractivity contribution in [3.8, 4) is 0 Å². The van der Waals surface area contributed by atoms with Crippen molar-refractivity contribution in [1.29, 1.82) is 0 Å². The molecule has 9 nitrogen and oxygen atoms in total. The molecule has 0 aliphatic heterocycles. The zero-order valence-electron chi connectivity index (χ0n) is 32.6. The summed E-state index contributed by atoms with van der Waals surface area (Å²) in [6.45, 7) is 16.7. The molecule has 0 aromatic heterocycles. The summed E-state index contributed by atoms with van der Waals surface area (Å²) < 4.78 is 41.5. The molecule has 0 saturated carbocycles. The van der Waals surface area contributed by atoms with E-state index >= 15 is 0 Å². The van der Waals surface area contributed by atoms with Crippen LogP contribution in [0.25, 0.3) is 0 Å². The molecule has 0 aliphatic carbocycles. The van der Waals surface area contributed by atoms with E-state index in [1.807, 2.05) is 6.92 Å². The third-order valence-electron chi connectivity index (χ3n) is 7.97. The Labute approximate surface area is 340 Å². The summed E-state index contributed by atoms with van der Waals surface area (Å²) in [5, 5.41) is 23.5. The molecule has 2 atom stereocenters. The minimum Gasteiger partial charge on any atom is -0.550 e. The fourth-order valence-corrected chi connectivity index (χ4v) is 6.05. The van der Waals surface area contributed by atoms with Gasteiger partial charge in [-0.2, -0.15) is 8.42 Å². The van der Waals surface area contributed by atoms with Crippen LogP contribution in [0.1, 0.15) is 183 Å². The molecule has 12 heteroatoms. The molecule has 278 valence electrons. The Morgan fingerprint density at radius 2 is 0.875 bits per heavy atom. The largest absolute Gasteiger partial charge is 1.00 e. The topological polar surface area (TPSA) is 153 Å². The number of unbranched alkanes of at least 4 members (excludes halogenated alkanes) is 14. The first kappa shape index (κ1) is 58.1. The SMILES string of the molecule is CCCCCCCCC(C(=O)[O-])C(CCCCCCCC)(C(=O)[O-])S(=O)(=O)O.CCCCOCCCC.CCCCOCCCC.[Na+].[Na+]. The first-order valence-electron chi connectivity index (χ1n) is 18.5. The van der Waals surface area contributed by atoms with Gasteiger partial charge in [-0.25, -0.2) is 0 Å². The Bertz CT molecular complexity index is 759. The zero-order chi connectivity index (χ0) is 35.5. The van der Waals surface area contributed by atoms with Crippen molar-refractivity contribution >= 4 is 22.1 Å². The number of aliphatic carboxylic acids is 2. The summed E-state index contributed by atoms with van der Waals surface area (Å²) in [6.07, 6.45) is 18.6. The number of carboxylic acids is 2. The average molecular weight is 727 g/mol. The Hall–Kier alpha value is 0.770. The molecule has 0 aliphatic rings. The van der Waals surface area contributed by atoms with Crippen LogP contribution < -0.4 is 69.3 Å². The van der Waals surface area contributed by atoms with Gasteiger partial charge in [0.15, 0.2) is 0 Å². The van der Waals surface area contributed by atoms with Crippen molar-refractivity contribution in [2.75, 3.05) is 26.4 Å². The number of hydrogen-bond acceptors (Lipinski definition) is 8. The molecule has 1 N–H and O–H groups in total. The molecule has 0 heterocycles. The molecule has 0 bridgehead atoms. The van der Waals surface area contributed by atoms with Crippen molar-refractivity contribution in [2.24, 2.45) is 5.92 Å². The van der Waals surface area contributed by atoms with E-state index in [1.54, 1.807) is 0 Å². The number of hydrogen-bond donors (Lipinski definition) is 1. The van der Waals surface area contributed by atoms with Crippen molar-refractivity contribution in [3.63, 3.8) is 0 Å². The van der Waals surface area contributed by atoms with Crippen molar-refractivity contribution in [3.05, 3.63) is 0 Å². The van der Waals surface area contributed by atoms with Gasteiger partial charge in [-0.1, -0.05) is 144 Å². The van der Waals surface area contributed by atoms with Crippen LogP contribution in [0.3, 0.4) is 0 Å². The van der Waals surface area contributed by atoms with Crippen molar-refractivity contribution < 1.29 is 101 Å². The minimum absolute atomic E-state index is 0. The summed E-state index contributed by atoms with van der Waals surface area (Å²) in [6, 6.07) is 0. The molecular weight excluding hydrogens is 654 g/mol. The molecular formula is C36H72Na2O9S. The molecule has 0 fully saturated rings. The molecule has 0 aromatic rings. The van der Waals surface area contributed by atoms with Crippen LogP contribution >= 0.6 is 0 Å². The van der Waals surface area contributed by atoms with E-state index in [0.29, 0.717) is 19.3 Å². The molecule has 0 radical (unpaired) electrons. The molecule has 0 aromatic carbocycles. The number of carboxylic acid groups (broad SMARTS) is 2. The molecule has 48 heavy (non-hydrogen) atoms. The molecule has 0 rings (SSSR count). The number of rotatable bonds is 30. The minimum atomic E-state index is -5.20. The van der Waals surface area contributed by atoms with Gasteiger partial charge in [0.1, 0.15) is 4.75 Å². The first-order chi connectivity index (χ1) is 22.0. The summed E-state index contributed by atoms with van der Waals surface area (Å²) in [5.74, 6) is -5.68. The van der Waals surface area contributed by atoms with Crippen LogP contribution in [0.15, 0.2) is 0 Å². The van der Waals surface area contributed by atoms with Gasteiger partial charge in [-0.05, 0) is 38.5 Å². The summed E-state index contributed by atoms with van der Waals surface area (Å²) >= 11 is 0. The molecule has 0 amide bonds. The van der Waals surface area contributed by atoms with Crippen LogP contribution in [-0.2, 0) is 29.2 Å². The Balaban J connectivity index is -0.000000252. The average Bonchev–Trinajstić information content (AvgIpc) is 3.00. The maximum absolute atomic E-state index is 12.0. The monoisotopic (exact) mass is 726 g/mol. The Morgan fingerprint density at radius 3 is 1.17 bits per heavy atom. The van der Waals surface area contributed by atoms with Gasteiger partial charge in [-0.3, -0.25) is 4.55 Å². The third-order valence-corrected chi connectivity index (χ3v) is 9.55. The van der Waals surface area contributed by atoms with Gasteiger partial charge >= 0.3 is 59.1 Å². The predicted octanol–water partition coefficient (Wildman–Crippen LogP) is 1.44. The van der Waals surface area contributed by atoms with E-state index in [9.17, 15) is 32.8 Å². The van der Waals surface area contributed by atoms with E-state index in [-0.39, 0.29) is 72.0 Å². The van der Waals surface area contributed by atoms with E-state index < -0.39 is 39.1 Å². The second-order valence-corrected chi connectivity index (χ2v) is 13.9. The van der Waals surface area contributed by atoms with Gasteiger partial charge in [-0.15, -0.1) is 0 Å². The van der Waals surface area contributed by atoms with Gasteiger partial charge in [0.05, 0.1) is 5.97 Å². The normalized spacial score (nSPS) is 12.6. The van der Waals surface area contributed by atoms with Gasteiger partial charge in [0.25, 0.3) is 10.1 Å². The molecule has 0 saturated heterocycles. The summed E-state index contributed by atoms with van der Waals surface area (Å²) in [7, 11) is -5.20. The summed E-state index contributed by atoms with van der Waals surface area (Å²) in [4.78, 5) is 23.5. The maximum Gasteiger partial charge on any atom is 1.00 e. The van der Waals surface area contributed by atoms with E-state index in [2.05, 4.69) is 34.6 Å². The van der Waals surface area contributed by atoms with Crippen molar-refractivity contribution in [2.45, 2.75) is 188 Å². The summed E-state index contributed by atoms with van der Waals surface area (Å²) in [5.41, 5.74) is 0. The van der Waals surface area contributed by atoms with Crippen molar-refractivity contribution in [1.82, 2.24) is 0 Å². The second kappa shape index (κ2) is 42.2.